The van der Waals surface area contributed by atoms with E-state index >= 15 is 0 Å². The van der Waals surface area contributed by atoms with Crippen LogP contribution in [0.5, 0.6) is 0 Å². The van der Waals surface area contributed by atoms with Gasteiger partial charge >= 0.3 is 0 Å². The fraction of sp³-hybridized carbons (Fsp3) is 1.00. The highest BCUT2D eigenvalue weighted by Gasteiger charge is 2.52. The third kappa shape index (κ3) is 2.94. The first-order chi connectivity index (χ1) is 6.92. The monoisotopic (exact) mass is 211 g/mol. The number of nitrogens with one attached hydrogen (secondary N) is 1. The SMILES string of the molecule is CC(C)(C)CC(CO)NC1CC2(CC2)C1. The van der Waals surface area contributed by atoms with Crippen molar-refractivity contribution in [2.45, 2.75) is 65.0 Å². The van der Waals surface area contributed by atoms with E-state index in [1.54, 1.807) is 0 Å². The summed E-state index contributed by atoms with van der Waals surface area (Å²) < 4.78 is 0. The summed E-state index contributed by atoms with van der Waals surface area (Å²) in [5.41, 5.74) is 1.07. The van der Waals surface area contributed by atoms with E-state index in [4.69, 9.17) is 0 Å². The Hall–Kier alpha value is -0.0800. The van der Waals surface area contributed by atoms with Gasteiger partial charge in [-0.3, -0.25) is 0 Å². The minimum Gasteiger partial charge on any atom is -0.395 e. The number of aliphatic hydroxyl groups is 1. The van der Waals surface area contributed by atoms with Crippen molar-refractivity contribution in [3.63, 3.8) is 0 Å². The van der Waals surface area contributed by atoms with Gasteiger partial charge in [0.15, 0.2) is 0 Å². The zero-order valence-corrected chi connectivity index (χ0v) is 10.3. The molecule has 0 heterocycles. The molecule has 2 heteroatoms. The van der Waals surface area contributed by atoms with Gasteiger partial charge in [0.05, 0.1) is 6.61 Å². The molecule has 0 aromatic rings. The number of hydrogen-bond donors (Lipinski definition) is 2. The average molecular weight is 211 g/mol. The molecule has 0 bridgehead atoms. The van der Waals surface area contributed by atoms with E-state index in [1.165, 1.54) is 25.7 Å². The molecule has 0 aromatic carbocycles. The van der Waals surface area contributed by atoms with Gasteiger partial charge in [-0.25, -0.2) is 0 Å². The molecular formula is C13H25NO. The van der Waals surface area contributed by atoms with Gasteiger partial charge in [0, 0.05) is 12.1 Å². The lowest BCUT2D eigenvalue weighted by molar-refractivity contribution is 0.134. The van der Waals surface area contributed by atoms with Gasteiger partial charge in [0.25, 0.3) is 0 Å². The topological polar surface area (TPSA) is 32.3 Å². The van der Waals surface area contributed by atoms with E-state index in [0.29, 0.717) is 17.5 Å². The second-order valence-corrected chi connectivity index (χ2v) is 6.92. The molecule has 1 unspecified atom stereocenters. The molecule has 15 heavy (non-hydrogen) atoms. The van der Waals surface area contributed by atoms with E-state index in [-0.39, 0.29) is 6.61 Å². The summed E-state index contributed by atoms with van der Waals surface area (Å²) in [6, 6.07) is 0.984. The van der Waals surface area contributed by atoms with Crippen LogP contribution in [0.1, 0.15) is 52.9 Å². The van der Waals surface area contributed by atoms with Crippen LogP contribution in [0.2, 0.25) is 0 Å². The fourth-order valence-corrected chi connectivity index (χ4v) is 2.94. The van der Waals surface area contributed by atoms with E-state index in [2.05, 4.69) is 26.1 Å². The van der Waals surface area contributed by atoms with Gasteiger partial charge in [0.2, 0.25) is 0 Å². The smallest absolute Gasteiger partial charge is 0.0584 e. The van der Waals surface area contributed by atoms with Gasteiger partial charge < -0.3 is 10.4 Å². The Labute approximate surface area is 93.5 Å². The molecule has 0 amide bonds. The molecule has 2 fully saturated rings. The van der Waals surface area contributed by atoms with E-state index < -0.39 is 0 Å². The van der Waals surface area contributed by atoms with Crippen LogP contribution in [-0.2, 0) is 0 Å². The molecule has 2 aliphatic carbocycles. The van der Waals surface area contributed by atoms with Crippen LogP contribution in [-0.4, -0.2) is 23.8 Å². The molecule has 2 rings (SSSR count). The Kier molecular flexibility index (Phi) is 2.85. The summed E-state index contributed by atoms with van der Waals surface area (Å²) in [6.45, 7) is 6.99. The molecule has 2 nitrogen and oxygen atoms in total. The largest absolute Gasteiger partial charge is 0.395 e. The maximum Gasteiger partial charge on any atom is 0.0584 e. The van der Waals surface area contributed by atoms with Crippen LogP contribution in [0, 0.1) is 10.8 Å². The second-order valence-electron chi connectivity index (χ2n) is 6.92. The van der Waals surface area contributed by atoms with Crippen LogP contribution < -0.4 is 5.32 Å². The minimum atomic E-state index is 0.279. The quantitative estimate of drug-likeness (QED) is 0.748. The van der Waals surface area contributed by atoms with Crippen molar-refractivity contribution >= 4 is 0 Å². The molecule has 0 radical (unpaired) electrons. The molecule has 1 spiro atoms. The number of aliphatic hydroxyl groups excluding tert-OH is 1. The first kappa shape index (κ1) is 11.4. The van der Waals surface area contributed by atoms with Gasteiger partial charge in [-0.1, -0.05) is 20.8 Å². The van der Waals surface area contributed by atoms with Crippen LogP contribution in [0.15, 0.2) is 0 Å². The molecule has 2 N–H and O–H groups in total. The fourth-order valence-electron chi connectivity index (χ4n) is 2.94. The summed E-state index contributed by atoms with van der Waals surface area (Å²) in [4.78, 5) is 0. The van der Waals surface area contributed by atoms with Crippen LogP contribution in [0.4, 0.5) is 0 Å². The minimum absolute atomic E-state index is 0.279. The predicted octanol–water partition coefficient (Wildman–Crippen LogP) is 2.32. The zero-order chi connectivity index (χ0) is 11.1. The highest BCUT2D eigenvalue weighted by atomic mass is 16.3. The van der Waals surface area contributed by atoms with E-state index in [9.17, 15) is 5.11 Å². The van der Waals surface area contributed by atoms with Crippen LogP contribution in [0.3, 0.4) is 0 Å². The van der Waals surface area contributed by atoms with E-state index in [1.807, 2.05) is 0 Å². The summed E-state index contributed by atoms with van der Waals surface area (Å²) in [7, 11) is 0. The summed E-state index contributed by atoms with van der Waals surface area (Å²) in [5.74, 6) is 0. The lowest BCUT2D eigenvalue weighted by Crippen LogP contribution is -2.49. The normalized spacial score (nSPS) is 26.4. The maximum atomic E-state index is 9.34. The molecule has 2 aliphatic rings. The lowest BCUT2D eigenvalue weighted by Gasteiger charge is -2.40. The van der Waals surface area contributed by atoms with Crippen molar-refractivity contribution in [3.05, 3.63) is 0 Å². The van der Waals surface area contributed by atoms with Crippen molar-refractivity contribution in [1.29, 1.82) is 0 Å². The second kappa shape index (κ2) is 3.74. The van der Waals surface area contributed by atoms with Gasteiger partial charge in [0.1, 0.15) is 0 Å². The third-order valence-electron chi connectivity index (χ3n) is 3.87. The van der Waals surface area contributed by atoms with Crippen molar-refractivity contribution in [2.24, 2.45) is 10.8 Å². The number of hydrogen-bond acceptors (Lipinski definition) is 2. The summed E-state index contributed by atoms with van der Waals surface area (Å²) in [6.07, 6.45) is 6.68. The Balaban J connectivity index is 1.71. The molecule has 88 valence electrons. The first-order valence-corrected chi connectivity index (χ1v) is 6.29. The predicted molar refractivity (Wildman–Crippen MR) is 62.8 cm³/mol. The highest BCUT2D eigenvalue weighted by molar-refractivity contribution is 5.07. The Morgan fingerprint density at radius 3 is 2.33 bits per heavy atom. The van der Waals surface area contributed by atoms with E-state index in [0.717, 1.165) is 11.8 Å². The summed E-state index contributed by atoms with van der Waals surface area (Å²) >= 11 is 0. The molecule has 0 aromatic heterocycles. The maximum absolute atomic E-state index is 9.34. The molecule has 2 saturated carbocycles. The van der Waals surface area contributed by atoms with Gasteiger partial charge in [-0.15, -0.1) is 0 Å². The lowest BCUT2D eigenvalue weighted by atomic mass is 9.76. The molecule has 0 aliphatic heterocycles. The van der Waals surface area contributed by atoms with Gasteiger partial charge in [-0.2, -0.15) is 0 Å². The molecular weight excluding hydrogens is 186 g/mol. The van der Waals surface area contributed by atoms with Crippen molar-refractivity contribution in [3.8, 4) is 0 Å². The molecule has 1 atom stereocenters. The average Bonchev–Trinajstić information content (AvgIpc) is 2.79. The number of rotatable bonds is 4. The van der Waals surface area contributed by atoms with Crippen molar-refractivity contribution in [1.82, 2.24) is 5.32 Å². The van der Waals surface area contributed by atoms with Crippen LogP contribution >= 0.6 is 0 Å². The Bertz CT molecular complexity index is 219. The van der Waals surface area contributed by atoms with Crippen molar-refractivity contribution in [2.75, 3.05) is 6.61 Å². The first-order valence-electron chi connectivity index (χ1n) is 6.29. The molecule has 0 saturated heterocycles. The standard InChI is InChI=1S/C13H25NO/c1-12(2,3)6-11(9-15)14-10-7-13(8-10)4-5-13/h10-11,14-15H,4-9H2,1-3H3. The van der Waals surface area contributed by atoms with Crippen LogP contribution in [0.25, 0.3) is 0 Å². The van der Waals surface area contributed by atoms with Crippen molar-refractivity contribution < 1.29 is 5.11 Å². The van der Waals surface area contributed by atoms with Gasteiger partial charge in [-0.05, 0) is 42.9 Å². The Morgan fingerprint density at radius 1 is 1.33 bits per heavy atom. The highest BCUT2D eigenvalue weighted by Crippen LogP contribution is 2.60. The summed E-state index contributed by atoms with van der Waals surface area (Å²) in [5, 5.41) is 12.9. The zero-order valence-electron chi connectivity index (χ0n) is 10.3. The third-order valence-corrected chi connectivity index (χ3v) is 3.87. The Morgan fingerprint density at radius 2 is 1.93 bits per heavy atom.